The van der Waals surface area contributed by atoms with Crippen LogP contribution in [0.5, 0.6) is 5.75 Å². The van der Waals surface area contributed by atoms with Crippen LogP contribution in [-0.2, 0) is 5.41 Å². The van der Waals surface area contributed by atoms with E-state index in [2.05, 4.69) is 96.4 Å². The molecule has 0 bridgehead atoms. The molecule has 2 aliphatic heterocycles. The monoisotopic (exact) mass is 693 g/mol. The standard InChI is InChI=1S/C46H48ClN3O/c47-34-24-25-36-35-15-7-8-16-37(35)46(39(36)28-34)38-17-9-10-18-41(38)51-42-26-23-33(27-40(42)46)29-19-21-32(22-20-29)45-49-43(30-11-3-1-4-12-30)48-44(50-45)31-13-5-2-6-14-31/h1,3-4,7,11-13,15,18-19,21-23,26-27,29,34-35,37-38,45H,2,5-6,8-10,14,16-17,20,24-25,28H2,(H,48,49,50). The number of benzene rings is 2. The van der Waals surface area contributed by atoms with Crippen LogP contribution in [0, 0.1) is 17.8 Å². The Kier molecular flexibility index (Phi) is 8.08. The summed E-state index contributed by atoms with van der Waals surface area (Å²) in [6, 6.07) is 17.7. The number of rotatable bonds is 4. The largest absolute Gasteiger partial charge is 0.461 e. The predicted octanol–water partition coefficient (Wildman–Crippen LogP) is 10.9. The maximum absolute atomic E-state index is 7.07. The molecule has 0 saturated heterocycles. The van der Waals surface area contributed by atoms with Crippen LogP contribution in [-0.4, -0.2) is 23.2 Å². The number of nitrogens with zero attached hydrogens (tertiary/aromatic N) is 2. The van der Waals surface area contributed by atoms with Crippen molar-refractivity contribution in [1.82, 2.24) is 5.32 Å². The maximum atomic E-state index is 7.07. The van der Waals surface area contributed by atoms with Gasteiger partial charge in [0.05, 0.1) is 0 Å². The van der Waals surface area contributed by atoms with Gasteiger partial charge in [0, 0.05) is 39.7 Å². The Hall–Kier alpha value is -3.89. The van der Waals surface area contributed by atoms with Crippen molar-refractivity contribution in [2.45, 2.75) is 106 Å². The third-order valence-corrected chi connectivity index (χ3v) is 13.7. The zero-order valence-corrected chi connectivity index (χ0v) is 30.3. The fourth-order valence-electron chi connectivity index (χ4n) is 11.0. The molecule has 6 aliphatic carbocycles. The first-order valence-corrected chi connectivity index (χ1v) is 20.2. The zero-order valence-electron chi connectivity index (χ0n) is 29.5. The molecular formula is C46H48ClN3O. The van der Waals surface area contributed by atoms with Crippen molar-refractivity contribution in [3.63, 3.8) is 0 Å². The summed E-state index contributed by atoms with van der Waals surface area (Å²) in [6.45, 7) is 0. The van der Waals surface area contributed by atoms with Crippen LogP contribution in [0.1, 0.15) is 106 Å². The van der Waals surface area contributed by atoms with Gasteiger partial charge in [-0.2, -0.15) is 0 Å². The van der Waals surface area contributed by atoms with E-state index in [0.717, 1.165) is 67.9 Å². The van der Waals surface area contributed by atoms with Gasteiger partial charge in [-0.3, -0.25) is 0 Å². The van der Waals surface area contributed by atoms with Crippen molar-refractivity contribution in [3.05, 3.63) is 136 Å². The number of aliphatic imine (C=N–C) groups is 2. The van der Waals surface area contributed by atoms with Gasteiger partial charge in [0.2, 0.25) is 0 Å². The predicted molar refractivity (Wildman–Crippen MR) is 209 cm³/mol. The van der Waals surface area contributed by atoms with Crippen molar-refractivity contribution in [1.29, 1.82) is 0 Å². The van der Waals surface area contributed by atoms with E-state index >= 15 is 0 Å². The van der Waals surface area contributed by atoms with Crippen molar-refractivity contribution in [2.75, 3.05) is 0 Å². The van der Waals surface area contributed by atoms with Gasteiger partial charge in [0.25, 0.3) is 0 Å². The van der Waals surface area contributed by atoms with Crippen molar-refractivity contribution in [2.24, 2.45) is 27.7 Å². The number of ether oxygens (including phenoxy) is 1. The molecule has 7 atom stereocenters. The molecule has 0 amide bonds. The summed E-state index contributed by atoms with van der Waals surface area (Å²) in [6.07, 6.45) is 31.5. The van der Waals surface area contributed by atoms with Crippen LogP contribution in [0.25, 0.3) is 0 Å². The Morgan fingerprint density at radius 1 is 0.843 bits per heavy atom. The Bertz CT molecular complexity index is 1990. The van der Waals surface area contributed by atoms with E-state index in [1.807, 2.05) is 0 Å². The molecule has 2 aromatic rings. The quantitative estimate of drug-likeness (QED) is 0.256. The molecule has 1 spiro atoms. The number of nitrogens with one attached hydrogen (secondary N) is 1. The molecule has 8 aliphatic rings. The van der Waals surface area contributed by atoms with Gasteiger partial charge in [-0.25, -0.2) is 9.98 Å². The molecule has 0 fully saturated rings. The van der Waals surface area contributed by atoms with E-state index < -0.39 is 0 Å². The lowest BCUT2D eigenvalue weighted by molar-refractivity contribution is 0.131. The highest BCUT2D eigenvalue weighted by atomic mass is 35.5. The number of alkyl halides is 1. The van der Waals surface area contributed by atoms with Gasteiger partial charge in [0.1, 0.15) is 23.2 Å². The number of hydrogen-bond donors (Lipinski definition) is 1. The third kappa shape index (κ3) is 5.30. The molecule has 10 rings (SSSR count). The first kappa shape index (κ1) is 31.8. The molecule has 1 N–H and O–H groups in total. The fourth-order valence-corrected chi connectivity index (χ4v) is 11.3. The van der Waals surface area contributed by atoms with Crippen LogP contribution >= 0.6 is 11.6 Å². The SMILES string of the molecule is ClC1CCC2=C(C1)C1(c3cc(C4C=CC(C5N=C(C6=CCCCC6)NC(c6ccccc6)=N5)=CC4)ccc3OC3=CCCCC31)C1CCC=CC21. The lowest BCUT2D eigenvalue weighted by atomic mass is 9.54. The molecule has 0 radical (unpaired) electrons. The van der Waals surface area contributed by atoms with Gasteiger partial charge < -0.3 is 10.1 Å². The van der Waals surface area contributed by atoms with Crippen molar-refractivity contribution >= 4 is 23.3 Å². The molecular weight excluding hydrogens is 646 g/mol. The second-order valence-electron chi connectivity index (χ2n) is 16.0. The van der Waals surface area contributed by atoms with Crippen LogP contribution in [0.2, 0.25) is 0 Å². The van der Waals surface area contributed by atoms with Gasteiger partial charge in [-0.15, -0.1) is 11.6 Å². The summed E-state index contributed by atoms with van der Waals surface area (Å²) in [5.74, 6) is 6.02. The highest BCUT2D eigenvalue weighted by Gasteiger charge is 2.62. The van der Waals surface area contributed by atoms with E-state index in [1.165, 1.54) is 66.6 Å². The average Bonchev–Trinajstić information content (AvgIpc) is 3.48. The summed E-state index contributed by atoms with van der Waals surface area (Å²) < 4.78 is 6.87. The molecule has 7 unspecified atom stereocenters. The Morgan fingerprint density at radius 2 is 1.75 bits per heavy atom. The van der Waals surface area contributed by atoms with E-state index in [4.69, 9.17) is 26.3 Å². The summed E-state index contributed by atoms with van der Waals surface area (Å²) in [5, 5.41) is 3.83. The minimum atomic E-state index is -0.247. The zero-order chi connectivity index (χ0) is 33.9. The highest BCUT2D eigenvalue weighted by Crippen LogP contribution is 2.68. The smallest absolute Gasteiger partial charge is 0.169 e. The molecule has 51 heavy (non-hydrogen) atoms. The Morgan fingerprint density at radius 3 is 2.61 bits per heavy atom. The Labute approximate surface area is 307 Å². The van der Waals surface area contributed by atoms with Gasteiger partial charge in [-0.1, -0.05) is 90.1 Å². The summed E-state index contributed by atoms with van der Waals surface area (Å²) >= 11 is 7.07. The molecule has 5 heteroatoms. The van der Waals surface area contributed by atoms with Crippen LogP contribution in [0.3, 0.4) is 0 Å². The molecule has 260 valence electrons. The normalized spacial score (nSPS) is 33.7. The first-order chi connectivity index (χ1) is 25.2. The fraction of sp³-hybridized carbons (Fsp3) is 0.435. The molecule has 0 aromatic heterocycles. The summed E-state index contributed by atoms with van der Waals surface area (Å²) in [7, 11) is 0. The maximum Gasteiger partial charge on any atom is 0.169 e. The molecule has 0 saturated carbocycles. The Balaban J connectivity index is 1.01. The lowest BCUT2D eigenvalue weighted by Crippen LogP contribution is -2.48. The van der Waals surface area contributed by atoms with E-state index in [1.54, 1.807) is 11.1 Å². The molecule has 2 heterocycles. The average molecular weight is 694 g/mol. The van der Waals surface area contributed by atoms with Crippen LogP contribution < -0.4 is 10.1 Å². The van der Waals surface area contributed by atoms with Crippen LogP contribution in [0.4, 0.5) is 0 Å². The van der Waals surface area contributed by atoms with Crippen molar-refractivity contribution in [3.8, 4) is 5.75 Å². The van der Waals surface area contributed by atoms with E-state index in [9.17, 15) is 0 Å². The van der Waals surface area contributed by atoms with Crippen molar-refractivity contribution < 1.29 is 4.74 Å². The topological polar surface area (TPSA) is 46.0 Å². The minimum absolute atomic E-state index is 0.0237. The lowest BCUT2D eigenvalue weighted by Gasteiger charge is -2.52. The highest BCUT2D eigenvalue weighted by molar-refractivity contribution is 6.20. The number of halogens is 1. The number of fused-ring (bicyclic) bond motifs is 8. The second-order valence-corrected chi connectivity index (χ2v) is 16.6. The van der Waals surface area contributed by atoms with Gasteiger partial charge in [0.15, 0.2) is 6.17 Å². The number of amidine groups is 2. The third-order valence-electron chi connectivity index (χ3n) is 13.3. The van der Waals surface area contributed by atoms with Gasteiger partial charge in [-0.05, 0) is 118 Å². The first-order valence-electron chi connectivity index (χ1n) is 19.8. The number of hydrogen-bond acceptors (Lipinski definition) is 4. The van der Waals surface area contributed by atoms with Gasteiger partial charge >= 0.3 is 0 Å². The minimum Gasteiger partial charge on any atom is -0.461 e. The summed E-state index contributed by atoms with van der Waals surface area (Å²) in [4.78, 5) is 10.4. The van der Waals surface area contributed by atoms with E-state index in [0.29, 0.717) is 23.7 Å². The number of allylic oxidation sites excluding steroid dienone is 9. The van der Waals surface area contributed by atoms with E-state index in [-0.39, 0.29) is 17.0 Å². The van der Waals surface area contributed by atoms with Crippen LogP contribution in [0.15, 0.2) is 129 Å². The molecule has 4 nitrogen and oxygen atoms in total. The second kappa shape index (κ2) is 13.0. The summed E-state index contributed by atoms with van der Waals surface area (Å²) in [5.41, 5.74) is 9.81. The molecule has 2 aromatic carbocycles.